The average molecular weight is 125 g/mol. The van der Waals surface area contributed by atoms with Crippen LogP contribution < -0.4 is 5.73 Å². The van der Waals surface area contributed by atoms with E-state index in [1.54, 1.807) is 6.08 Å². The smallest absolute Gasteiger partial charge is 0.241 e. The standard InChI is InChI=1S/C7H11NO/c1-3-6(2)4-5-7(8)9/h3-5H,1-2H3,(H2,8,9)/b5-4+,6-3+. The Hall–Kier alpha value is -1.05. The van der Waals surface area contributed by atoms with E-state index in [9.17, 15) is 4.79 Å². The van der Waals surface area contributed by atoms with Crippen molar-refractivity contribution in [1.29, 1.82) is 0 Å². The summed E-state index contributed by atoms with van der Waals surface area (Å²) in [6.45, 7) is 3.81. The van der Waals surface area contributed by atoms with Gasteiger partial charge >= 0.3 is 0 Å². The minimum atomic E-state index is -0.406. The fraction of sp³-hybridized carbons (Fsp3) is 0.286. The molecule has 0 saturated heterocycles. The van der Waals surface area contributed by atoms with Gasteiger partial charge in [0.15, 0.2) is 0 Å². The van der Waals surface area contributed by atoms with Crippen LogP contribution in [0.4, 0.5) is 0 Å². The molecule has 0 aliphatic rings. The van der Waals surface area contributed by atoms with Gasteiger partial charge in [-0.25, -0.2) is 0 Å². The summed E-state index contributed by atoms with van der Waals surface area (Å²) < 4.78 is 0. The largest absolute Gasteiger partial charge is 0.366 e. The van der Waals surface area contributed by atoms with Crippen molar-refractivity contribution in [2.24, 2.45) is 5.73 Å². The van der Waals surface area contributed by atoms with Gasteiger partial charge in [-0.05, 0) is 13.8 Å². The summed E-state index contributed by atoms with van der Waals surface area (Å²) in [7, 11) is 0. The minimum Gasteiger partial charge on any atom is -0.366 e. The summed E-state index contributed by atoms with van der Waals surface area (Å²) in [6, 6.07) is 0. The molecular weight excluding hydrogens is 114 g/mol. The van der Waals surface area contributed by atoms with Gasteiger partial charge in [0.25, 0.3) is 0 Å². The third kappa shape index (κ3) is 4.81. The third-order valence-electron chi connectivity index (χ3n) is 0.966. The lowest BCUT2D eigenvalue weighted by molar-refractivity contribution is -0.113. The molecule has 0 aromatic heterocycles. The molecule has 9 heavy (non-hydrogen) atoms. The van der Waals surface area contributed by atoms with Crippen molar-refractivity contribution in [3.05, 3.63) is 23.8 Å². The molecule has 0 spiro atoms. The highest BCUT2D eigenvalue weighted by Crippen LogP contribution is 1.91. The van der Waals surface area contributed by atoms with Crippen molar-refractivity contribution < 1.29 is 4.79 Å². The van der Waals surface area contributed by atoms with Gasteiger partial charge in [-0.1, -0.05) is 17.7 Å². The lowest BCUT2D eigenvalue weighted by Crippen LogP contribution is -2.05. The van der Waals surface area contributed by atoms with E-state index in [0.717, 1.165) is 5.57 Å². The molecule has 0 aliphatic heterocycles. The molecule has 2 nitrogen and oxygen atoms in total. The lowest BCUT2D eigenvalue weighted by Gasteiger charge is -1.84. The summed E-state index contributed by atoms with van der Waals surface area (Å²) >= 11 is 0. The van der Waals surface area contributed by atoms with Crippen molar-refractivity contribution in [3.8, 4) is 0 Å². The Bertz CT molecular complexity index is 156. The van der Waals surface area contributed by atoms with E-state index in [-0.39, 0.29) is 0 Å². The minimum absolute atomic E-state index is 0.406. The van der Waals surface area contributed by atoms with Gasteiger partial charge in [-0.3, -0.25) is 4.79 Å². The first-order valence-corrected chi connectivity index (χ1v) is 2.77. The van der Waals surface area contributed by atoms with Crippen molar-refractivity contribution in [2.45, 2.75) is 13.8 Å². The summed E-state index contributed by atoms with van der Waals surface area (Å²) in [6.07, 6.45) is 4.93. The summed E-state index contributed by atoms with van der Waals surface area (Å²) in [5.41, 5.74) is 5.88. The van der Waals surface area contributed by atoms with Crippen LogP contribution in [0.2, 0.25) is 0 Å². The van der Waals surface area contributed by atoms with Gasteiger partial charge < -0.3 is 5.73 Å². The molecule has 1 amide bonds. The number of carbonyl (C=O) groups excluding carboxylic acids is 1. The first-order valence-electron chi connectivity index (χ1n) is 2.77. The van der Waals surface area contributed by atoms with E-state index in [0.29, 0.717) is 0 Å². The molecule has 0 aliphatic carbocycles. The summed E-state index contributed by atoms with van der Waals surface area (Å²) in [5, 5.41) is 0. The third-order valence-corrected chi connectivity index (χ3v) is 0.966. The lowest BCUT2D eigenvalue weighted by atomic mass is 10.2. The van der Waals surface area contributed by atoms with E-state index in [1.165, 1.54) is 6.08 Å². The zero-order valence-corrected chi connectivity index (χ0v) is 5.72. The Morgan fingerprint density at radius 1 is 1.44 bits per heavy atom. The van der Waals surface area contributed by atoms with Crippen molar-refractivity contribution >= 4 is 5.91 Å². The molecule has 50 valence electrons. The van der Waals surface area contributed by atoms with Gasteiger partial charge in [-0.2, -0.15) is 0 Å². The first-order chi connectivity index (χ1) is 4.16. The van der Waals surface area contributed by atoms with E-state index < -0.39 is 5.91 Å². The fourth-order valence-corrected chi connectivity index (χ4v) is 0.310. The maximum Gasteiger partial charge on any atom is 0.241 e. The second-order valence-corrected chi connectivity index (χ2v) is 1.77. The molecule has 2 N–H and O–H groups in total. The zero-order valence-electron chi connectivity index (χ0n) is 5.72. The van der Waals surface area contributed by atoms with Crippen LogP contribution in [0.25, 0.3) is 0 Å². The van der Waals surface area contributed by atoms with Crippen LogP contribution in [-0.2, 0) is 4.79 Å². The highest BCUT2D eigenvalue weighted by molar-refractivity contribution is 5.86. The predicted octanol–water partition coefficient (Wildman–Crippen LogP) is 0.994. The van der Waals surface area contributed by atoms with E-state index in [2.05, 4.69) is 0 Å². The van der Waals surface area contributed by atoms with Gasteiger partial charge in [0, 0.05) is 6.08 Å². The maximum atomic E-state index is 10.1. The number of rotatable bonds is 2. The maximum absolute atomic E-state index is 10.1. The Kier molecular flexibility index (Phi) is 3.44. The number of carbonyl (C=O) groups is 1. The molecule has 0 rings (SSSR count). The van der Waals surface area contributed by atoms with Crippen molar-refractivity contribution in [2.75, 3.05) is 0 Å². The van der Waals surface area contributed by atoms with E-state index in [1.807, 2.05) is 19.9 Å². The molecule has 0 heterocycles. The first kappa shape index (κ1) is 7.95. The Morgan fingerprint density at radius 2 is 2.00 bits per heavy atom. The van der Waals surface area contributed by atoms with Gasteiger partial charge in [0.1, 0.15) is 0 Å². The highest BCUT2D eigenvalue weighted by atomic mass is 16.1. The van der Waals surface area contributed by atoms with Crippen LogP contribution in [0, 0.1) is 0 Å². The van der Waals surface area contributed by atoms with Crippen LogP contribution in [0.5, 0.6) is 0 Å². The molecule has 0 atom stereocenters. The molecule has 0 saturated carbocycles. The van der Waals surface area contributed by atoms with Crippen molar-refractivity contribution in [1.82, 2.24) is 0 Å². The van der Waals surface area contributed by atoms with Crippen LogP contribution in [0.15, 0.2) is 23.8 Å². The number of amides is 1. The van der Waals surface area contributed by atoms with Crippen LogP contribution in [0.1, 0.15) is 13.8 Å². The molecule has 0 unspecified atom stereocenters. The van der Waals surface area contributed by atoms with Crippen LogP contribution in [-0.4, -0.2) is 5.91 Å². The van der Waals surface area contributed by atoms with Crippen LogP contribution >= 0.6 is 0 Å². The zero-order chi connectivity index (χ0) is 7.28. The number of nitrogens with two attached hydrogens (primary N) is 1. The Morgan fingerprint density at radius 3 is 2.33 bits per heavy atom. The predicted molar refractivity (Wildman–Crippen MR) is 37.8 cm³/mol. The molecule has 0 fully saturated rings. The topological polar surface area (TPSA) is 43.1 Å². The van der Waals surface area contributed by atoms with Gasteiger partial charge in [0.2, 0.25) is 5.91 Å². The van der Waals surface area contributed by atoms with Gasteiger partial charge in [-0.15, -0.1) is 0 Å². The highest BCUT2D eigenvalue weighted by Gasteiger charge is 1.81. The quantitative estimate of drug-likeness (QED) is 0.434. The second kappa shape index (κ2) is 3.89. The number of hydrogen-bond donors (Lipinski definition) is 1. The van der Waals surface area contributed by atoms with Crippen molar-refractivity contribution in [3.63, 3.8) is 0 Å². The molecular formula is C7H11NO. The SMILES string of the molecule is C/C=C(C)/C=C/C(N)=O. The number of primary amides is 1. The second-order valence-electron chi connectivity index (χ2n) is 1.77. The molecule has 0 bridgehead atoms. The number of allylic oxidation sites excluding steroid dienone is 3. The van der Waals surface area contributed by atoms with E-state index >= 15 is 0 Å². The molecule has 0 aromatic carbocycles. The average Bonchev–Trinajstić information content (AvgIpc) is 1.83. The summed E-state index contributed by atoms with van der Waals surface area (Å²) in [5.74, 6) is -0.406. The van der Waals surface area contributed by atoms with Crippen LogP contribution in [0.3, 0.4) is 0 Å². The normalized spacial score (nSPS) is 12.4. The molecule has 2 heteroatoms. The fourth-order valence-electron chi connectivity index (χ4n) is 0.310. The summed E-state index contributed by atoms with van der Waals surface area (Å²) in [4.78, 5) is 10.1. The molecule has 0 aromatic rings. The monoisotopic (exact) mass is 125 g/mol. The Balaban J connectivity index is 3.86. The Labute approximate surface area is 55.1 Å². The van der Waals surface area contributed by atoms with Gasteiger partial charge in [0.05, 0.1) is 0 Å². The van der Waals surface area contributed by atoms with E-state index in [4.69, 9.17) is 5.73 Å². The number of hydrogen-bond acceptors (Lipinski definition) is 1. The molecule has 0 radical (unpaired) electrons.